The molecule has 2 rings (SSSR count). The summed E-state index contributed by atoms with van der Waals surface area (Å²) in [6.07, 6.45) is 2.01. The fraction of sp³-hybridized carbons (Fsp3) is 0.727. The number of rotatable bonds is 2. The molecule has 16 heavy (non-hydrogen) atoms. The van der Waals surface area contributed by atoms with Gasteiger partial charge in [-0.1, -0.05) is 0 Å². The Labute approximate surface area is 93.7 Å². The molecular weight excluding hydrogens is 210 g/mol. The first-order valence-corrected chi connectivity index (χ1v) is 5.49. The molecule has 1 aliphatic heterocycles. The van der Waals surface area contributed by atoms with Gasteiger partial charge in [0.05, 0.1) is 6.61 Å². The van der Waals surface area contributed by atoms with Crippen molar-refractivity contribution in [1.29, 1.82) is 0 Å². The van der Waals surface area contributed by atoms with Gasteiger partial charge in [0, 0.05) is 19.0 Å². The second-order valence-electron chi connectivity index (χ2n) is 4.45. The Hall–Kier alpha value is -1.39. The minimum atomic E-state index is -1.23. The summed E-state index contributed by atoms with van der Waals surface area (Å²) in [5, 5.41) is 0. The van der Waals surface area contributed by atoms with E-state index in [2.05, 4.69) is 0 Å². The molecule has 0 bridgehead atoms. The van der Waals surface area contributed by atoms with Gasteiger partial charge in [-0.15, -0.1) is 0 Å². The van der Waals surface area contributed by atoms with Gasteiger partial charge in [0.1, 0.15) is 0 Å². The van der Waals surface area contributed by atoms with Crippen molar-refractivity contribution in [3.63, 3.8) is 0 Å². The van der Waals surface area contributed by atoms with E-state index in [1.54, 1.807) is 18.9 Å². The maximum absolute atomic E-state index is 11.9. The van der Waals surface area contributed by atoms with Crippen molar-refractivity contribution >= 4 is 17.7 Å². The zero-order chi connectivity index (χ0) is 11.9. The summed E-state index contributed by atoms with van der Waals surface area (Å²) in [5.41, 5.74) is -0.281. The van der Waals surface area contributed by atoms with Crippen molar-refractivity contribution in [3.05, 3.63) is 0 Å². The molecule has 1 heterocycles. The van der Waals surface area contributed by atoms with E-state index in [4.69, 9.17) is 4.74 Å². The molecule has 1 saturated heterocycles. The fourth-order valence-electron chi connectivity index (χ4n) is 2.22. The minimum absolute atomic E-state index is 0.185. The number of amides is 1. The van der Waals surface area contributed by atoms with Crippen LogP contribution < -0.4 is 0 Å². The number of carbonyl (C=O) groups excluding carboxylic acids is 3. The molecule has 5 nitrogen and oxygen atoms in total. The number of esters is 1. The molecule has 0 aromatic heterocycles. The first-order valence-electron chi connectivity index (χ1n) is 5.49. The quantitative estimate of drug-likeness (QED) is 0.495. The average Bonchev–Trinajstić information content (AvgIpc) is 2.96. The maximum atomic E-state index is 11.9. The van der Waals surface area contributed by atoms with Crippen LogP contribution in [0.2, 0.25) is 0 Å². The molecule has 1 amide bonds. The van der Waals surface area contributed by atoms with E-state index >= 15 is 0 Å². The number of ether oxygens (including phenoxy) is 1. The molecule has 1 aliphatic carbocycles. The summed E-state index contributed by atoms with van der Waals surface area (Å²) in [7, 11) is 1.66. The van der Waals surface area contributed by atoms with Crippen LogP contribution in [0, 0.1) is 5.92 Å². The van der Waals surface area contributed by atoms with E-state index in [0.717, 1.165) is 12.8 Å². The van der Waals surface area contributed by atoms with Crippen LogP contribution in [0.5, 0.6) is 0 Å². The van der Waals surface area contributed by atoms with Crippen molar-refractivity contribution in [2.45, 2.75) is 31.7 Å². The van der Waals surface area contributed by atoms with E-state index < -0.39 is 17.8 Å². The van der Waals surface area contributed by atoms with Crippen LogP contribution >= 0.6 is 0 Å². The van der Waals surface area contributed by atoms with Crippen LogP contribution in [0.3, 0.4) is 0 Å². The molecule has 1 saturated carbocycles. The van der Waals surface area contributed by atoms with Crippen LogP contribution in [0.15, 0.2) is 0 Å². The predicted octanol–water partition coefficient (Wildman–Crippen LogP) is 0.129. The molecule has 0 aromatic carbocycles. The normalized spacial score (nSPS) is 27.1. The average molecular weight is 225 g/mol. The van der Waals surface area contributed by atoms with Crippen LogP contribution in [0.25, 0.3) is 0 Å². The molecule has 1 atom stereocenters. The first-order chi connectivity index (χ1) is 7.52. The number of carbonyl (C=O) groups is 3. The van der Waals surface area contributed by atoms with Crippen LogP contribution in [0.1, 0.15) is 26.2 Å². The fourth-order valence-corrected chi connectivity index (χ4v) is 2.22. The molecule has 2 aliphatic rings. The van der Waals surface area contributed by atoms with Crippen molar-refractivity contribution in [2.24, 2.45) is 5.92 Å². The Balaban J connectivity index is 2.18. The SMILES string of the molecule is CCOC(=O)C1C(=O)CC2(CC2)N(C)C1=O. The number of hydrogen-bond acceptors (Lipinski definition) is 4. The van der Waals surface area contributed by atoms with Crippen LogP contribution in [-0.2, 0) is 19.1 Å². The number of hydrogen-bond donors (Lipinski definition) is 0. The van der Waals surface area contributed by atoms with Gasteiger partial charge in [0.15, 0.2) is 11.7 Å². The Bertz CT molecular complexity index is 359. The Kier molecular flexibility index (Phi) is 2.48. The zero-order valence-corrected chi connectivity index (χ0v) is 9.49. The lowest BCUT2D eigenvalue weighted by Crippen LogP contribution is -2.54. The van der Waals surface area contributed by atoms with E-state index in [-0.39, 0.29) is 17.9 Å². The van der Waals surface area contributed by atoms with Gasteiger partial charge in [-0.05, 0) is 19.8 Å². The molecule has 88 valence electrons. The second kappa shape index (κ2) is 3.57. The molecule has 0 N–H and O–H groups in total. The van der Waals surface area contributed by atoms with E-state index in [1.165, 1.54) is 0 Å². The summed E-state index contributed by atoms with van der Waals surface area (Å²) < 4.78 is 4.75. The van der Waals surface area contributed by atoms with Crippen molar-refractivity contribution in [1.82, 2.24) is 4.90 Å². The Morgan fingerprint density at radius 2 is 2.12 bits per heavy atom. The smallest absolute Gasteiger partial charge is 0.326 e. The third kappa shape index (κ3) is 1.50. The maximum Gasteiger partial charge on any atom is 0.326 e. The second-order valence-corrected chi connectivity index (χ2v) is 4.45. The molecule has 2 fully saturated rings. The van der Waals surface area contributed by atoms with Crippen molar-refractivity contribution < 1.29 is 19.1 Å². The third-order valence-electron chi connectivity index (χ3n) is 3.46. The van der Waals surface area contributed by atoms with Gasteiger partial charge in [-0.3, -0.25) is 14.4 Å². The first kappa shape index (κ1) is 11.1. The monoisotopic (exact) mass is 225 g/mol. The summed E-state index contributed by atoms with van der Waals surface area (Å²) >= 11 is 0. The number of likely N-dealkylation sites (tertiary alicyclic amines) is 1. The molecule has 1 spiro atoms. The summed E-state index contributed by atoms with van der Waals surface area (Å²) in [6, 6.07) is 0. The summed E-state index contributed by atoms with van der Waals surface area (Å²) in [4.78, 5) is 36.7. The highest BCUT2D eigenvalue weighted by Gasteiger charge is 2.57. The molecule has 0 aromatic rings. The third-order valence-corrected chi connectivity index (χ3v) is 3.46. The molecule has 1 unspecified atom stereocenters. The van der Waals surface area contributed by atoms with Gasteiger partial charge in [-0.2, -0.15) is 0 Å². The highest BCUT2D eigenvalue weighted by Crippen LogP contribution is 2.47. The lowest BCUT2D eigenvalue weighted by Gasteiger charge is -2.35. The van der Waals surface area contributed by atoms with Crippen molar-refractivity contribution in [2.75, 3.05) is 13.7 Å². The van der Waals surface area contributed by atoms with E-state index in [0.29, 0.717) is 6.42 Å². The number of nitrogens with zero attached hydrogens (tertiary/aromatic N) is 1. The van der Waals surface area contributed by atoms with Gasteiger partial charge < -0.3 is 9.64 Å². The zero-order valence-electron chi connectivity index (χ0n) is 9.49. The Morgan fingerprint density at radius 1 is 1.50 bits per heavy atom. The Morgan fingerprint density at radius 3 is 2.62 bits per heavy atom. The van der Waals surface area contributed by atoms with Gasteiger partial charge in [0.2, 0.25) is 5.91 Å². The predicted molar refractivity (Wildman–Crippen MR) is 54.5 cm³/mol. The van der Waals surface area contributed by atoms with E-state index in [9.17, 15) is 14.4 Å². The number of Topliss-reactive ketones (excluding diaryl/α,β-unsaturated/α-hetero) is 1. The van der Waals surface area contributed by atoms with Gasteiger partial charge in [-0.25, -0.2) is 0 Å². The summed E-state index contributed by atoms with van der Waals surface area (Å²) in [6.45, 7) is 1.84. The standard InChI is InChI=1S/C11H15NO4/c1-3-16-10(15)8-7(13)6-11(4-5-11)12(2)9(8)14/h8H,3-6H2,1-2H3. The highest BCUT2D eigenvalue weighted by atomic mass is 16.5. The van der Waals surface area contributed by atoms with Crippen molar-refractivity contribution in [3.8, 4) is 0 Å². The lowest BCUT2D eigenvalue weighted by molar-refractivity contribution is -0.162. The molecular formula is C11H15NO4. The van der Waals surface area contributed by atoms with Gasteiger partial charge >= 0.3 is 5.97 Å². The lowest BCUT2D eigenvalue weighted by atomic mass is 9.89. The van der Waals surface area contributed by atoms with E-state index in [1.807, 2.05) is 0 Å². The number of piperidine rings is 1. The minimum Gasteiger partial charge on any atom is -0.465 e. The van der Waals surface area contributed by atoms with Gasteiger partial charge in [0.25, 0.3) is 0 Å². The number of ketones is 1. The largest absolute Gasteiger partial charge is 0.465 e. The molecule has 0 radical (unpaired) electrons. The topological polar surface area (TPSA) is 63.7 Å². The van der Waals surface area contributed by atoms with Crippen LogP contribution in [0.4, 0.5) is 0 Å². The highest BCUT2D eigenvalue weighted by molar-refractivity contribution is 6.18. The van der Waals surface area contributed by atoms with Crippen LogP contribution in [-0.4, -0.2) is 41.8 Å². The molecule has 5 heteroatoms. The summed E-state index contributed by atoms with van der Waals surface area (Å²) in [5.74, 6) is -2.64.